The molecule has 0 aromatic heterocycles. The topological polar surface area (TPSA) is 15.3 Å². The molecule has 1 fully saturated rings. The second-order valence-corrected chi connectivity index (χ2v) is 4.75. The smallest absolute Gasteiger partial charge is 0.196 e. The van der Waals surface area contributed by atoms with Crippen LogP contribution < -0.4 is 10.2 Å². The third kappa shape index (κ3) is 2.32. The van der Waals surface area contributed by atoms with E-state index >= 15 is 0 Å². The summed E-state index contributed by atoms with van der Waals surface area (Å²) in [6.07, 6.45) is 1.72. The van der Waals surface area contributed by atoms with Gasteiger partial charge in [0.05, 0.1) is 5.69 Å². The highest BCUT2D eigenvalue weighted by molar-refractivity contribution is 5.49. The molecule has 1 heterocycles. The molecule has 2 atom stereocenters. The van der Waals surface area contributed by atoms with Crippen LogP contribution in [0.4, 0.5) is 18.9 Å². The molecular formula is C13H17F3N2. The van der Waals surface area contributed by atoms with Crippen molar-refractivity contribution in [2.45, 2.75) is 31.8 Å². The number of nitrogens with zero attached hydrogens (tertiary/aromatic N) is 1. The van der Waals surface area contributed by atoms with E-state index < -0.39 is 17.5 Å². The van der Waals surface area contributed by atoms with Gasteiger partial charge in [-0.1, -0.05) is 0 Å². The van der Waals surface area contributed by atoms with Crippen molar-refractivity contribution in [2.24, 2.45) is 0 Å². The maximum Gasteiger partial charge on any atom is 0.196 e. The highest BCUT2D eigenvalue weighted by Crippen LogP contribution is 2.29. The van der Waals surface area contributed by atoms with Crippen LogP contribution >= 0.6 is 0 Å². The standard InChI is InChI=1S/C13H17F3N2/c1-8-7-9(17-2)5-6-18(8)11-4-3-10(14)12(15)13(11)16/h3-4,8-9,17H,5-7H2,1-2H3. The van der Waals surface area contributed by atoms with Gasteiger partial charge in [0, 0.05) is 18.6 Å². The number of nitrogens with one attached hydrogen (secondary N) is 1. The minimum atomic E-state index is -1.39. The largest absolute Gasteiger partial charge is 0.366 e. The quantitative estimate of drug-likeness (QED) is 0.820. The third-order valence-electron chi connectivity index (χ3n) is 3.61. The van der Waals surface area contributed by atoms with E-state index in [9.17, 15) is 13.2 Å². The number of hydrogen-bond donors (Lipinski definition) is 1. The van der Waals surface area contributed by atoms with Crippen molar-refractivity contribution >= 4 is 5.69 Å². The van der Waals surface area contributed by atoms with E-state index in [4.69, 9.17) is 0 Å². The monoisotopic (exact) mass is 258 g/mol. The highest BCUT2D eigenvalue weighted by Gasteiger charge is 2.27. The molecule has 2 unspecified atom stereocenters. The molecule has 0 amide bonds. The van der Waals surface area contributed by atoms with Gasteiger partial charge in [-0.25, -0.2) is 13.2 Å². The van der Waals surface area contributed by atoms with Gasteiger partial charge in [0.25, 0.3) is 0 Å². The van der Waals surface area contributed by atoms with Gasteiger partial charge in [-0.05, 0) is 38.9 Å². The van der Waals surface area contributed by atoms with Crippen molar-refractivity contribution in [2.75, 3.05) is 18.5 Å². The minimum Gasteiger partial charge on any atom is -0.366 e. The molecule has 1 aromatic carbocycles. The summed E-state index contributed by atoms with van der Waals surface area (Å²) in [4.78, 5) is 1.80. The van der Waals surface area contributed by atoms with E-state index in [1.165, 1.54) is 6.07 Å². The van der Waals surface area contributed by atoms with Crippen LogP contribution in [0.2, 0.25) is 0 Å². The number of anilines is 1. The zero-order valence-corrected chi connectivity index (χ0v) is 10.5. The van der Waals surface area contributed by atoms with Gasteiger partial charge in [-0.2, -0.15) is 0 Å². The lowest BCUT2D eigenvalue weighted by molar-refractivity contribution is 0.379. The van der Waals surface area contributed by atoms with Crippen molar-refractivity contribution in [1.82, 2.24) is 5.32 Å². The second kappa shape index (κ2) is 5.18. The summed E-state index contributed by atoms with van der Waals surface area (Å²) in [5, 5.41) is 3.19. The van der Waals surface area contributed by atoms with Gasteiger partial charge in [0.2, 0.25) is 0 Å². The minimum absolute atomic E-state index is 0.0931. The first-order chi connectivity index (χ1) is 8.54. The molecule has 1 saturated heterocycles. The Bertz CT molecular complexity index is 436. The summed E-state index contributed by atoms with van der Waals surface area (Å²) in [5.74, 6) is -3.63. The van der Waals surface area contributed by atoms with Crippen LogP contribution in [-0.4, -0.2) is 25.7 Å². The van der Waals surface area contributed by atoms with Gasteiger partial charge >= 0.3 is 0 Å². The highest BCUT2D eigenvalue weighted by atomic mass is 19.2. The van der Waals surface area contributed by atoms with Crippen molar-refractivity contribution in [3.05, 3.63) is 29.6 Å². The Balaban J connectivity index is 2.25. The molecule has 0 radical (unpaired) electrons. The van der Waals surface area contributed by atoms with Crippen LogP contribution in [0.1, 0.15) is 19.8 Å². The Morgan fingerprint density at radius 2 is 1.94 bits per heavy atom. The van der Waals surface area contributed by atoms with Crippen molar-refractivity contribution < 1.29 is 13.2 Å². The first-order valence-corrected chi connectivity index (χ1v) is 6.12. The average Bonchev–Trinajstić information content (AvgIpc) is 2.37. The molecule has 2 nitrogen and oxygen atoms in total. The molecule has 0 aliphatic carbocycles. The number of hydrogen-bond acceptors (Lipinski definition) is 2. The first-order valence-electron chi connectivity index (χ1n) is 6.12. The zero-order valence-electron chi connectivity index (χ0n) is 10.5. The van der Waals surface area contributed by atoms with E-state index in [1.54, 1.807) is 4.90 Å². The van der Waals surface area contributed by atoms with E-state index in [0.29, 0.717) is 12.6 Å². The molecular weight excluding hydrogens is 241 g/mol. The fourth-order valence-electron chi connectivity index (χ4n) is 2.53. The fraction of sp³-hybridized carbons (Fsp3) is 0.538. The number of rotatable bonds is 2. The van der Waals surface area contributed by atoms with Crippen LogP contribution in [0.3, 0.4) is 0 Å². The van der Waals surface area contributed by atoms with Crippen LogP contribution in [-0.2, 0) is 0 Å². The van der Waals surface area contributed by atoms with Crippen LogP contribution in [0, 0.1) is 17.5 Å². The Kier molecular flexibility index (Phi) is 3.80. The number of benzene rings is 1. The fourth-order valence-corrected chi connectivity index (χ4v) is 2.53. The van der Waals surface area contributed by atoms with Gasteiger partial charge in [-0.15, -0.1) is 0 Å². The molecule has 18 heavy (non-hydrogen) atoms. The average molecular weight is 258 g/mol. The zero-order chi connectivity index (χ0) is 13.3. The molecule has 1 aromatic rings. The number of halogens is 3. The van der Waals surface area contributed by atoms with E-state index in [1.807, 2.05) is 14.0 Å². The molecule has 5 heteroatoms. The van der Waals surface area contributed by atoms with Gasteiger partial charge < -0.3 is 10.2 Å². The second-order valence-electron chi connectivity index (χ2n) is 4.75. The lowest BCUT2D eigenvalue weighted by atomic mass is 9.97. The van der Waals surface area contributed by atoms with E-state index in [-0.39, 0.29) is 11.7 Å². The number of piperidine rings is 1. The van der Waals surface area contributed by atoms with Crippen LogP contribution in [0.25, 0.3) is 0 Å². The summed E-state index contributed by atoms with van der Waals surface area (Å²) >= 11 is 0. The molecule has 2 rings (SSSR count). The van der Waals surface area contributed by atoms with Gasteiger partial charge in [-0.3, -0.25) is 0 Å². The van der Waals surface area contributed by atoms with Crippen LogP contribution in [0.15, 0.2) is 12.1 Å². The molecule has 1 aliphatic heterocycles. The lowest BCUT2D eigenvalue weighted by Gasteiger charge is -2.39. The van der Waals surface area contributed by atoms with Crippen molar-refractivity contribution in [3.63, 3.8) is 0 Å². The predicted molar refractivity (Wildman–Crippen MR) is 65.2 cm³/mol. The SMILES string of the molecule is CNC1CCN(c2ccc(F)c(F)c2F)C(C)C1. The predicted octanol–water partition coefficient (Wildman–Crippen LogP) is 2.68. The maximum atomic E-state index is 13.7. The van der Waals surface area contributed by atoms with Crippen LogP contribution in [0.5, 0.6) is 0 Å². The first kappa shape index (κ1) is 13.2. The Labute approximate surface area is 105 Å². The van der Waals surface area contributed by atoms with E-state index in [0.717, 1.165) is 18.9 Å². The molecule has 1 N–H and O–H groups in total. The summed E-state index contributed by atoms with van der Waals surface area (Å²) in [5.41, 5.74) is 0.149. The third-order valence-corrected chi connectivity index (χ3v) is 3.61. The van der Waals surface area contributed by atoms with Crippen molar-refractivity contribution in [3.8, 4) is 0 Å². The summed E-state index contributed by atoms with van der Waals surface area (Å²) in [6, 6.07) is 2.77. The normalized spacial score (nSPS) is 24.4. The molecule has 0 bridgehead atoms. The Hall–Kier alpha value is -1.23. The van der Waals surface area contributed by atoms with E-state index in [2.05, 4.69) is 5.32 Å². The lowest BCUT2D eigenvalue weighted by Crippen LogP contribution is -2.47. The Morgan fingerprint density at radius 1 is 1.22 bits per heavy atom. The molecule has 1 aliphatic rings. The Morgan fingerprint density at radius 3 is 2.56 bits per heavy atom. The van der Waals surface area contributed by atoms with Gasteiger partial charge in [0.15, 0.2) is 17.5 Å². The van der Waals surface area contributed by atoms with Crippen molar-refractivity contribution in [1.29, 1.82) is 0 Å². The molecule has 100 valence electrons. The summed E-state index contributed by atoms with van der Waals surface area (Å²) in [7, 11) is 1.89. The van der Waals surface area contributed by atoms with Gasteiger partial charge in [0.1, 0.15) is 0 Å². The summed E-state index contributed by atoms with van der Waals surface area (Å²) in [6.45, 7) is 2.60. The molecule has 0 spiro atoms. The summed E-state index contributed by atoms with van der Waals surface area (Å²) < 4.78 is 39.9. The molecule has 0 saturated carbocycles. The maximum absolute atomic E-state index is 13.7.